The van der Waals surface area contributed by atoms with E-state index in [0.29, 0.717) is 13.0 Å². The number of carbonyl (C=O) groups is 1. The highest BCUT2D eigenvalue weighted by molar-refractivity contribution is 5.69. The minimum absolute atomic E-state index is 0.0339. The Hall–Kier alpha value is -0.530. The maximum atomic E-state index is 12.0. The number of hydrogen-bond donors (Lipinski definition) is 0. The standard InChI is InChI=1S/C49H98O2/c1-3-5-7-9-11-13-15-17-19-21-23-25-26-27-28-29-31-33-35-37-39-41-43-45-47-49(50)51-48-46-44-42-40-38-36-34-32-30-24-22-20-18-16-14-12-10-8-6-4-2/h3-48H2,1-2H3. The molecule has 0 aliphatic carbocycles. The summed E-state index contributed by atoms with van der Waals surface area (Å²) in [4.78, 5) is 12.0. The Morgan fingerprint density at radius 2 is 0.431 bits per heavy atom. The minimum Gasteiger partial charge on any atom is -0.466 e. The van der Waals surface area contributed by atoms with Gasteiger partial charge in [0.2, 0.25) is 0 Å². The van der Waals surface area contributed by atoms with E-state index in [0.717, 1.165) is 12.8 Å². The van der Waals surface area contributed by atoms with Crippen LogP contribution in [0.25, 0.3) is 0 Å². The van der Waals surface area contributed by atoms with E-state index in [2.05, 4.69) is 13.8 Å². The molecule has 0 aliphatic heterocycles. The molecule has 0 atom stereocenters. The Balaban J connectivity index is 3.14. The summed E-state index contributed by atoms with van der Waals surface area (Å²) in [6, 6.07) is 0. The molecule has 0 amide bonds. The van der Waals surface area contributed by atoms with Gasteiger partial charge in [0.05, 0.1) is 6.61 Å². The van der Waals surface area contributed by atoms with Crippen LogP contribution in [0.2, 0.25) is 0 Å². The number of esters is 1. The summed E-state index contributed by atoms with van der Waals surface area (Å²) in [6.07, 6.45) is 62.4. The lowest BCUT2D eigenvalue weighted by Gasteiger charge is -2.06. The Labute approximate surface area is 324 Å². The van der Waals surface area contributed by atoms with Crippen LogP contribution < -0.4 is 0 Å². The molecule has 0 saturated carbocycles. The second-order valence-corrected chi connectivity index (χ2v) is 16.8. The smallest absolute Gasteiger partial charge is 0.305 e. The van der Waals surface area contributed by atoms with Crippen molar-refractivity contribution in [1.29, 1.82) is 0 Å². The molecule has 0 saturated heterocycles. The normalized spacial score (nSPS) is 11.5. The molecule has 0 N–H and O–H groups in total. The zero-order chi connectivity index (χ0) is 36.8. The lowest BCUT2D eigenvalue weighted by atomic mass is 10.0. The number of hydrogen-bond acceptors (Lipinski definition) is 2. The monoisotopic (exact) mass is 719 g/mol. The van der Waals surface area contributed by atoms with Crippen molar-refractivity contribution >= 4 is 5.97 Å². The first-order valence-electron chi connectivity index (χ1n) is 24.5. The third-order valence-electron chi connectivity index (χ3n) is 11.5. The molecule has 0 bridgehead atoms. The Bertz CT molecular complexity index is 615. The summed E-state index contributed by atoms with van der Waals surface area (Å²) in [6.45, 7) is 5.24. The molecule has 0 radical (unpaired) electrons. The van der Waals surface area contributed by atoms with Crippen molar-refractivity contribution in [2.24, 2.45) is 0 Å². The summed E-state index contributed by atoms with van der Waals surface area (Å²) < 4.78 is 5.49. The lowest BCUT2D eigenvalue weighted by Crippen LogP contribution is -2.05. The molecule has 0 heterocycles. The lowest BCUT2D eigenvalue weighted by molar-refractivity contribution is -0.143. The summed E-state index contributed by atoms with van der Waals surface area (Å²) in [5.74, 6) is 0.0339. The Kier molecular flexibility index (Phi) is 47.0. The van der Waals surface area contributed by atoms with E-state index in [1.165, 1.54) is 270 Å². The molecule has 51 heavy (non-hydrogen) atoms. The molecule has 0 rings (SSSR count). The molecule has 0 aromatic carbocycles. The molecule has 2 heteroatoms. The maximum absolute atomic E-state index is 12.0. The number of ether oxygens (including phenoxy) is 1. The molecule has 0 fully saturated rings. The van der Waals surface area contributed by atoms with E-state index >= 15 is 0 Å². The van der Waals surface area contributed by atoms with Gasteiger partial charge in [0.1, 0.15) is 0 Å². The van der Waals surface area contributed by atoms with Crippen molar-refractivity contribution in [3.8, 4) is 0 Å². The van der Waals surface area contributed by atoms with Crippen molar-refractivity contribution in [3.05, 3.63) is 0 Å². The molecule has 0 spiro atoms. The molecule has 306 valence electrons. The van der Waals surface area contributed by atoms with Crippen molar-refractivity contribution in [1.82, 2.24) is 0 Å². The molecule has 0 aliphatic rings. The van der Waals surface area contributed by atoms with Gasteiger partial charge in [-0.1, -0.05) is 284 Å². The Morgan fingerprint density at radius 3 is 0.647 bits per heavy atom. The Morgan fingerprint density at radius 1 is 0.255 bits per heavy atom. The number of carbonyl (C=O) groups excluding carboxylic acids is 1. The average molecular weight is 719 g/mol. The molecular formula is C49H98O2. The number of rotatable bonds is 46. The van der Waals surface area contributed by atoms with Gasteiger partial charge in [-0.2, -0.15) is 0 Å². The first-order valence-corrected chi connectivity index (χ1v) is 24.5. The first-order chi connectivity index (χ1) is 25.3. The summed E-state index contributed by atoms with van der Waals surface area (Å²) >= 11 is 0. The SMILES string of the molecule is CCCCCCCCCCCCCCCCCCCCCCCCCCC(=O)OCCCCCCCCCCCCCCCCCCCCCC. The van der Waals surface area contributed by atoms with E-state index in [9.17, 15) is 4.79 Å². The van der Waals surface area contributed by atoms with Crippen LogP contribution in [-0.4, -0.2) is 12.6 Å². The molecule has 2 nitrogen and oxygen atoms in total. The van der Waals surface area contributed by atoms with Crippen LogP contribution in [0.1, 0.15) is 303 Å². The summed E-state index contributed by atoms with van der Waals surface area (Å²) in [5, 5.41) is 0. The third-order valence-corrected chi connectivity index (χ3v) is 11.5. The van der Waals surface area contributed by atoms with Crippen molar-refractivity contribution in [3.63, 3.8) is 0 Å². The highest BCUT2D eigenvalue weighted by atomic mass is 16.5. The van der Waals surface area contributed by atoms with Crippen LogP contribution in [0.4, 0.5) is 0 Å². The highest BCUT2D eigenvalue weighted by Crippen LogP contribution is 2.17. The topological polar surface area (TPSA) is 26.3 Å². The van der Waals surface area contributed by atoms with Crippen LogP contribution in [0, 0.1) is 0 Å². The highest BCUT2D eigenvalue weighted by Gasteiger charge is 2.03. The first kappa shape index (κ1) is 50.5. The van der Waals surface area contributed by atoms with Crippen LogP contribution in [0.5, 0.6) is 0 Å². The molecule has 0 unspecified atom stereocenters. The zero-order valence-corrected chi connectivity index (χ0v) is 35.8. The van der Waals surface area contributed by atoms with Crippen molar-refractivity contribution in [2.45, 2.75) is 303 Å². The minimum atomic E-state index is 0.0339. The second kappa shape index (κ2) is 47.5. The van der Waals surface area contributed by atoms with Gasteiger partial charge in [-0.3, -0.25) is 4.79 Å². The van der Waals surface area contributed by atoms with Gasteiger partial charge in [0.25, 0.3) is 0 Å². The molecular weight excluding hydrogens is 621 g/mol. The van der Waals surface area contributed by atoms with E-state index in [1.807, 2.05) is 0 Å². The van der Waals surface area contributed by atoms with Crippen LogP contribution in [0.15, 0.2) is 0 Å². The van der Waals surface area contributed by atoms with Crippen LogP contribution >= 0.6 is 0 Å². The molecule has 0 aromatic heterocycles. The predicted octanol–water partition coefficient (Wildman–Crippen LogP) is 18.1. The van der Waals surface area contributed by atoms with Gasteiger partial charge in [-0.25, -0.2) is 0 Å². The van der Waals surface area contributed by atoms with Gasteiger partial charge >= 0.3 is 5.97 Å². The number of unbranched alkanes of at least 4 members (excludes halogenated alkanes) is 42. The van der Waals surface area contributed by atoms with E-state index in [1.54, 1.807) is 0 Å². The summed E-state index contributed by atoms with van der Waals surface area (Å²) in [7, 11) is 0. The largest absolute Gasteiger partial charge is 0.466 e. The zero-order valence-electron chi connectivity index (χ0n) is 35.8. The molecule has 0 aromatic rings. The average Bonchev–Trinajstić information content (AvgIpc) is 3.14. The van der Waals surface area contributed by atoms with E-state index in [4.69, 9.17) is 4.74 Å². The van der Waals surface area contributed by atoms with E-state index < -0.39 is 0 Å². The van der Waals surface area contributed by atoms with Gasteiger partial charge in [0.15, 0.2) is 0 Å². The summed E-state index contributed by atoms with van der Waals surface area (Å²) in [5.41, 5.74) is 0. The van der Waals surface area contributed by atoms with Crippen molar-refractivity contribution in [2.75, 3.05) is 6.61 Å². The van der Waals surface area contributed by atoms with E-state index in [-0.39, 0.29) is 5.97 Å². The van der Waals surface area contributed by atoms with Gasteiger partial charge in [0, 0.05) is 6.42 Å². The fourth-order valence-corrected chi connectivity index (χ4v) is 7.85. The van der Waals surface area contributed by atoms with Gasteiger partial charge in [-0.15, -0.1) is 0 Å². The van der Waals surface area contributed by atoms with Crippen LogP contribution in [0.3, 0.4) is 0 Å². The van der Waals surface area contributed by atoms with Gasteiger partial charge in [-0.05, 0) is 12.8 Å². The third kappa shape index (κ3) is 47.4. The second-order valence-electron chi connectivity index (χ2n) is 16.8. The maximum Gasteiger partial charge on any atom is 0.305 e. The quantitative estimate of drug-likeness (QED) is 0.0463. The predicted molar refractivity (Wildman–Crippen MR) is 230 cm³/mol. The van der Waals surface area contributed by atoms with Crippen molar-refractivity contribution < 1.29 is 9.53 Å². The fraction of sp³-hybridized carbons (Fsp3) is 0.980. The van der Waals surface area contributed by atoms with Crippen LogP contribution in [-0.2, 0) is 9.53 Å². The van der Waals surface area contributed by atoms with Gasteiger partial charge < -0.3 is 4.74 Å². The fourth-order valence-electron chi connectivity index (χ4n) is 7.85.